The first kappa shape index (κ1) is 21.7. The summed E-state index contributed by atoms with van der Waals surface area (Å²) in [6, 6.07) is 13.8. The van der Waals surface area contributed by atoms with Crippen LogP contribution in [0.25, 0.3) is 6.08 Å². The van der Waals surface area contributed by atoms with Crippen LogP contribution in [-0.4, -0.2) is 57.8 Å². The molecule has 7 nitrogen and oxygen atoms in total. The molecule has 0 N–H and O–H groups in total. The average Bonchev–Trinajstić information content (AvgIpc) is 2.77. The van der Waals surface area contributed by atoms with Crippen molar-refractivity contribution in [1.82, 2.24) is 4.31 Å². The van der Waals surface area contributed by atoms with Gasteiger partial charge in [-0.1, -0.05) is 12.1 Å². The fourth-order valence-corrected chi connectivity index (χ4v) is 4.73. The Kier molecular flexibility index (Phi) is 6.69. The minimum atomic E-state index is -3.64. The van der Waals surface area contributed by atoms with Gasteiger partial charge in [0.15, 0.2) is 5.78 Å². The molecular formula is C22H24N2O5S. The Hall–Kier alpha value is -2.97. The third-order valence-electron chi connectivity index (χ3n) is 4.99. The number of anilines is 1. The molecule has 1 aliphatic heterocycles. The van der Waals surface area contributed by atoms with Crippen LogP contribution in [0, 0.1) is 0 Å². The van der Waals surface area contributed by atoms with Crippen LogP contribution in [0.1, 0.15) is 22.8 Å². The summed E-state index contributed by atoms with van der Waals surface area (Å²) in [6.45, 7) is 3.36. The fourth-order valence-electron chi connectivity index (χ4n) is 3.25. The molecule has 1 aliphatic rings. The second-order valence-corrected chi connectivity index (χ2v) is 8.86. The third-order valence-corrected chi connectivity index (χ3v) is 6.88. The molecule has 3 rings (SSSR count). The van der Waals surface area contributed by atoms with Crippen molar-refractivity contribution in [2.75, 3.05) is 38.2 Å². The topological polar surface area (TPSA) is 84.0 Å². The number of ether oxygens (including phenoxy) is 1. The van der Waals surface area contributed by atoms with Gasteiger partial charge in [0.2, 0.25) is 10.0 Å². The highest BCUT2D eigenvalue weighted by Gasteiger charge is 2.28. The van der Waals surface area contributed by atoms with Gasteiger partial charge in [-0.2, -0.15) is 4.31 Å². The van der Waals surface area contributed by atoms with E-state index < -0.39 is 16.0 Å². The van der Waals surface area contributed by atoms with Crippen LogP contribution in [0.5, 0.6) is 0 Å². The van der Waals surface area contributed by atoms with Crippen LogP contribution in [0.4, 0.5) is 5.69 Å². The van der Waals surface area contributed by atoms with Gasteiger partial charge in [-0.25, -0.2) is 13.2 Å². The van der Waals surface area contributed by atoms with Crippen LogP contribution < -0.4 is 4.90 Å². The van der Waals surface area contributed by atoms with Crippen molar-refractivity contribution >= 4 is 33.5 Å². The Labute approximate surface area is 176 Å². The summed E-state index contributed by atoms with van der Waals surface area (Å²) >= 11 is 0. The lowest BCUT2D eigenvalue weighted by atomic mass is 10.1. The number of piperazine rings is 1. The lowest BCUT2D eigenvalue weighted by Gasteiger charge is -2.35. The van der Waals surface area contributed by atoms with Crippen LogP contribution >= 0.6 is 0 Å². The number of rotatable bonds is 6. The molecule has 1 saturated heterocycles. The number of ketones is 1. The molecule has 0 saturated carbocycles. The number of sulfonamides is 1. The highest BCUT2D eigenvalue weighted by Crippen LogP contribution is 2.22. The fraction of sp³-hybridized carbons (Fsp3) is 0.273. The van der Waals surface area contributed by atoms with Crippen molar-refractivity contribution in [3.8, 4) is 0 Å². The van der Waals surface area contributed by atoms with Gasteiger partial charge < -0.3 is 9.64 Å². The second kappa shape index (κ2) is 9.23. The molecule has 8 heteroatoms. The van der Waals surface area contributed by atoms with E-state index in [1.807, 2.05) is 12.1 Å². The van der Waals surface area contributed by atoms with Gasteiger partial charge in [0.25, 0.3) is 0 Å². The second-order valence-electron chi connectivity index (χ2n) is 6.92. The number of hydrogen-bond acceptors (Lipinski definition) is 6. The van der Waals surface area contributed by atoms with Crippen LogP contribution in [-0.2, 0) is 19.6 Å². The molecule has 30 heavy (non-hydrogen) atoms. The summed E-state index contributed by atoms with van der Waals surface area (Å²) in [7, 11) is -2.36. The zero-order valence-electron chi connectivity index (χ0n) is 16.9. The summed E-state index contributed by atoms with van der Waals surface area (Å²) in [5.41, 5.74) is 2.22. The number of nitrogens with zero attached hydrogens (tertiary/aromatic N) is 2. The zero-order chi connectivity index (χ0) is 21.7. The van der Waals surface area contributed by atoms with Gasteiger partial charge in [-0.05, 0) is 55.0 Å². The zero-order valence-corrected chi connectivity index (χ0v) is 17.8. The quantitative estimate of drug-likeness (QED) is 0.400. The van der Waals surface area contributed by atoms with Gasteiger partial charge >= 0.3 is 5.97 Å². The lowest BCUT2D eigenvalue weighted by Crippen LogP contribution is -2.48. The number of methoxy groups -OCH3 is 1. The van der Waals surface area contributed by atoms with E-state index in [0.717, 1.165) is 5.69 Å². The molecule has 2 aromatic rings. The van der Waals surface area contributed by atoms with Crippen molar-refractivity contribution in [2.24, 2.45) is 0 Å². The molecule has 158 valence electrons. The molecule has 0 aromatic heterocycles. The normalized spacial score (nSPS) is 15.3. The number of benzene rings is 2. The predicted molar refractivity (Wildman–Crippen MR) is 115 cm³/mol. The van der Waals surface area contributed by atoms with Crippen LogP contribution in [0.3, 0.4) is 0 Å². The van der Waals surface area contributed by atoms with Crippen molar-refractivity contribution < 1.29 is 22.7 Å². The minimum absolute atomic E-state index is 0.0149. The maximum Gasteiger partial charge on any atom is 0.330 e. The highest BCUT2D eigenvalue weighted by atomic mass is 32.2. The molecular weight excluding hydrogens is 404 g/mol. The molecule has 0 aliphatic carbocycles. The first-order valence-corrected chi connectivity index (χ1v) is 11.0. The molecule has 0 spiro atoms. The number of esters is 1. The number of carbonyl (C=O) groups excluding carboxylic acids is 2. The van der Waals surface area contributed by atoms with Crippen molar-refractivity contribution in [1.29, 1.82) is 0 Å². The Bertz CT molecular complexity index is 1050. The van der Waals surface area contributed by atoms with Gasteiger partial charge in [-0.3, -0.25) is 4.79 Å². The molecule has 0 radical (unpaired) electrons. The van der Waals surface area contributed by atoms with Crippen LogP contribution in [0.15, 0.2) is 59.5 Å². The van der Waals surface area contributed by atoms with Crippen molar-refractivity contribution in [3.63, 3.8) is 0 Å². The maximum absolute atomic E-state index is 13.1. The first-order chi connectivity index (χ1) is 14.3. The van der Waals surface area contributed by atoms with Gasteiger partial charge in [-0.15, -0.1) is 0 Å². The lowest BCUT2D eigenvalue weighted by molar-refractivity contribution is -0.134. The Morgan fingerprint density at radius 2 is 1.67 bits per heavy atom. The number of carbonyl (C=O) groups is 2. The van der Waals surface area contributed by atoms with Crippen molar-refractivity contribution in [2.45, 2.75) is 11.8 Å². The largest absolute Gasteiger partial charge is 0.466 e. The van der Waals surface area contributed by atoms with Gasteiger partial charge in [0, 0.05) is 43.5 Å². The van der Waals surface area contributed by atoms with E-state index in [1.54, 1.807) is 36.4 Å². The molecule has 2 aromatic carbocycles. The van der Waals surface area contributed by atoms with Crippen molar-refractivity contribution in [3.05, 3.63) is 65.7 Å². The summed E-state index contributed by atoms with van der Waals surface area (Å²) in [5.74, 6) is -0.489. The van der Waals surface area contributed by atoms with E-state index in [9.17, 15) is 18.0 Å². The molecule has 0 atom stereocenters. The third kappa shape index (κ3) is 4.95. The first-order valence-electron chi connectivity index (χ1n) is 9.53. The van der Waals surface area contributed by atoms with Crippen LogP contribution in [0.2, 0.25) is 0 Å². The standard InChI is InChI=1S/C22H24N2O5S/c1-17(25)19-7-9-20(10-8-19)23-12-14-24(15-13-23)30(27,28)21-5-3-4-18(16-21)6-11-22(26)29-2/h3-11,16H,12-15H2,1-2H3/b11-6+. The molecule has 0 amide bonds. The summed E-state index contributed by atoms with van der Waals surface area (Å²) in [6.07, 6.45) is 2.77. The maximum atomic E-state index is 13.1. The highest BCUT2D eigenvalue weighted by molar-refractivity contribution is 7.89. The summed E-state index contributed by atoms with van der Waals surface area (Å²) in [4.78, 5) is 25.0. The molecule has 0 unspecified atom stereocenters. The predicted octanol–water partition coefficient (Wildman–Crippen LogP) is 2.59. The molecule has 1 heterocycles. The van der Waals surface area contributed by atoms with Gasteiger partial charge in [0.05, 0.1) is 12.0 Å². The van der Waals surface area contributed by atoms with E-state index >= 15 is 0 Å². The Morgan fingerprint density at radius 1 is 1.00 bits per heavy atom. The minimum Gasteiger partial charge on any atom is -0.466 e. The number of Topliss-reactive ketones (excluding diaryl/α,β-unsaturated/α-hetero) is 1. The number of hydrogen-bond donors (Lipinski definition) is 0. The smallest absolute Gasteiger partial charge is 0.330 e. The van der Waals surface area contributed by atoms with Gasteiger partial charge in [0.1, 0.15) is 0 Å². The summed E-state index contributed by atoms with van der Waals surface area (Å²) in [5, 5.41) is 0. The van der Waals surface area contributed by atoms with E-state index in [0.29, 0.717) is 37.3 Å². The Balaban J connectivity index is 1.69. The van der Waals surface area contributed by atoms with E-state index in [4.69, 9.17) is 0 Å². The van der Waals surface area contributed by atoms with E-state index in [1.165, 1.54) is 30.5 Å². The molecule has 1 fully saturated rings. The Morgan fingerprint density at radius 3 is 2.27 bits per heavy atom. The molecule has 0 bridgehead atoms. The monoisotopic (exact) mass is 428 g/mol. The summed E-state index contributed by atoms with van der Waals surface area (Å²) < 4.78 is 32.1. The van der Waals surface area contributed by atoms with E-state index in [2.05, 4.69) is 9.64 Å². The average molecular weight is 429 g/mol. The SMILES string of the molecule is COC(=O)/C=C/c1cccc(S(=O)(=O)N2CCN(c3ccc(C(C)=O)cc3)CC2)c1. The van der Waals surface area contributed by atoms with E-state index in [-0.39, 0.29) is 10.7 Å².